The van der Waals surface area contributed by atoms with Crippen LogP contribution in [0.2, 0.25) is 0 Å². The molecule has 9 heteroatoms. The molecule has 1 aromatic carbocycles. The molecule has 0 aliphatic carbocycles. The number of carbonyl (C=O) groups excluding carboxylic acids is 2. The number of thiazole rings is 1. The monoisotopic (exact) mass is 389 g/mol. The number of likely N-dealkylation sites (N-methyl/N-ethyl adjacent to an activating group) is 1. The maximum absolute atomic E-state index is 12.2. The number of amides is 2. The summed E-state index contributed by atoms with van der Waals surface area (Å²) in [6.45, 7) is 3.46. The van der Waals surface area contributed by atoms with Crippen molar-refractivity contribution < 1.29 is 14.3 Å². The van der Waals surface area contributed by atoms with E-state index in [0.717, 1.165) is 37.7 Å². The van der Waals surface area contributed by atoms with Crippen molar-refractivity contribution >= 4 is 39.7 Å². The van der Waals surface area contributed by atoms with Gasteiger partial charge >= 0.3 is 0 Å². The minimum absolute atomic E-state index is 0.114. The zero-order valence-corrected chi connectivity index (χ0v) is 16.0. The van der Waals surface area contributed by atoms with Crippen LogP contribution in [-0.4, -0.2) is 68.1 Å². The number of morpholine rings is 1. The van der Waals surface area contributed by atoms with Gasteiger partial charge in [-0.2, -0.15) is 0 Å². The van der Waals surface area contributed by atoms with Gasteiger partial charge in [0.05, 0.1) is 26.3 Å². The van der Waals surface area contributed by atoms with Gasteiger partial charge in [0.25, 0.3) is 0 Å². The van der Waals surface area contributed by atoms with E-state index in [1.807, 2.05) is 24.3 Å². The number of ether oxygens (including phenoxy) is 1. The van der Waals surface area contributed by atoms with Crippen molar-refractivity contribution in [1.29, 1.82) is 0 Å². The molecule has 0 atom stereocenters. The average Bonchev–Trinajstić information content (AvgIpc) is 3.15. The zero-order valence-electron chi connectivity index (χ0n) is 15.2. The van der Waals surface area contributed by atoms with Crippen LogP contribution in [0.4, 0.5) is 16.5 Å². The van der Waals surface area contributed by atoms with Crippen LogP contribution in [0, 0.1) is 0 Å². The molecule has 8 nitrogen and oxygen atoms in total. The third-order valence-corrected chi connectivity index (χ3v) is 4.72. The second-order valence-corrected chi connectivity index (χ2v) is 7.15. The van der Waals surface area contributed by atoms with Crippen molar-refractivity contribution in [3.05, 3.63) is 35.8 Å². The second-order valence-electron chi connectivity index (χ2n) is 6.25. The smallest absolute Gasteiger partial charge is 0.240 e. The van der Waals surface area contributed by atoms with Crippen LogP contribution >= 0.6 is 11.3 Å². The maximum atomic E-state index is 12.2. The highest BCUT2D eigenvalue weighted by atomic mass is 32.1. The van der Waals surface area contributed by atoms with Gasteiger partial charge in [0.15, 0.2) is 5.13 Å². The molecular weight excluding hydrogens is 366 g/mol. The Morgan fingerprint density at radius 3 is 2.44 bits per heavy atom. The van der Waals surface area contributed by atoms with Crippen molar-refractivity contribution in [1.82, 2.24) is 9.88 Å². The first kappa shape index (κ1) is 19.3. The molecule has 2 amide bonds. The summed E-state index contributed by atoms with van der Waals surface area (Å²) in [6, 6.07) is 7.76. The normalized spacial score (nSPS) is 14.2. The lowest BCUT2D eigenvalue weighted by Gasteiger charge is -2.28. The molecule has 3 rings (SSSR count). The standard InChI is InChI=1S/C18H23N5O3S/c1-22(13-17(25)21-18-19-6-11-27-18)12-16(24)20-14-2-4-15(5-3-14)23-7-9-26-10-8-23/h2-6,11H,7-10,12-13H2,1H3,(H,20,24)(H,19,21,25). The predicted octanol–water partition coefficient (Wildman–Crippen LogP) is 1.49. The van der Waals surface area contributed by atoms with Gasteiger partial charge in [0, 0.05) is 36.0 Å². The van der Waals surface area contributed by atoms with Crippen LogP contribution < -0.4 is 15.5 Å². The largest absolute Gasteiger partial charge is 0.378 e. The van der Waals surface area contributed by atoms with Crippen molar-refractivity contribution in [3.8, 4) is 0 Å². The minimum Gasteiger partial charge on any atom is -0.378 e. The summed E-state index contributed by atoms with van der Waals surface area (Å²) in [6.07, 6.45) is 1.63. The summed E-state index contributed by atoms with van der Waals surface area (Å²) in [5.41, 5.74) is 1.85. The molecule has 0 radical (unpaired) electrons. The molecule has 144 valence electrons. The number of benzene rings is 1. The van der Waals surface area contributed by atoms with Crippen LogP contribution in [0.25, 0.3) is 0 Å². The second kappa shape index (κ2) is 9.45. The quantitative estimate of drug-likeness (QED) is 0.746. The van der Waals surface area contributed by atoms with E-state index in [0.29, 0.717) is 5.13 Å². The molecule has 2 aromatic rings. The third kappa shape index (κ3) is 6.02. The first-order valence-corrected chi connectivity index (χ1v) is 9.58. The Kier molecular flexibility index (Phi) is 6.74. The summed E-state index contributed by atoms with van der Waals surface area (Å²) < 4.78 is 5.36. The number of rotatable bonds is 7. The van der Waals surface area contributed by atoms with E-state index in [2.05, 4.69) is 20.5 Å². The lowest BCUT2D eigenvalue weighted by molar-refractivity contribution is -0.119. The van der Waals surface area contributed by atoms with E-state index in [1.165, 1.54) is 11.3 Å². The number of anilines is 3. The number of nitrogens with one attached hydrogen (secondary N) is 2. The zero-order chi connectivity index (χ0) is 19.1. The first-order chi connectivity index (χ1) is 13.1. The molecule has 0 bridgehead atoms. The number of hydrogen-bond acceptors (Lipinski definition) is 7. The Morgan fingerprint density at radius 1 is 1.15 bits per heavy atom. The Bertz CT molecular complexity index is 745. The Hall–Kier alpha value is -2.49. The topological polar surface area (TPSA) is 86.8 Å². The Labute approximate surface area is 162 Å². The summed E-state index contributed by atoms with van der Waals surface area (Å²) >= 11 is 1.35. The van der Waals surface area contributed by atoms with Gasteiger partial charge in [-0.3, -0.25) is 14.5 Å². The fourth-order valence-electron chi connectivity index (χ4n) is 2.77. The van der Waals surface area contributed by atoms with E-state index in [-0.39, 0.29) is 24.9 Å². The summed E-state index contributed by atoms with van der Waals surface area (Å²) in [5, 5.41) is 7.89. The highest BCUT2D eigenvalue weighted by molar-refractivity contribution is 7.13. The van der Waals surface area contributed by atoms with Gasteiger partial charge in [0.1, 0.15) is 0 Å². The van der Waals surface area contributed by atoms with E-state index in [4.69, 9.17) is 4.74 Å². The average molecular weight is 389 g/mol. The van der Waals surface area contributed by atoms with Crippen LogP contribution in [0.1, 0.15) is 0 Å². The van der Waals surface area contributed by atoms with Crippen molar-refractivity contribution in [2.75, 3.05) is 62.0 Å². The van der Waals surface area contributed by atoms with Gasteiger partial charge < -0.3 is 20.3 Å². The fraction of sp³-hybridized carbons (Fsp3) is 0.389. The molecule has 1 aromatic heterocycles. The van der Waals surface area contributed by atoms with Gasteiger partial charge in [-0.05, 0) is 31.3 Å². The Morgan fingerprint density at radius 2 is 1.81 bits per heavy atom. The molecule has 0 unspecified atom stereocenters. The van der Waals surface area contributed by atoms with Crippen molar-refractivity contribution in [2.45, 2.75) is 0 Å². The highest BCUT2D eigenvalue weighted by Crippen LogP contribution is 2.19. The van der Waals surface area contributed by atoms with Crippen LogP contribution in [0.3, 0.4) is 0 Å². The van der Waals surface area contributed by atoms with E-state index in [9.17, 15) is 9.59 Å². The number of hydrogen-bond donors (Lipinski definition) is 2. The minimum atomic E-state index is -0.199. The molecular formula is C18H23N5O3S. The van der Waals surface area contributed by atoms with Crippen LogP contribution in [0.15, 0.2) is 35.8 Å². The van der Waals surface area contributed by atoms with Crippen molar-refractivity contribution in [2.24, 2.45) is 0 Å². The number of nitrogens with zero attached hydrogens (tertiary/aromatic N) is 3. The van der Waals surface area contributed by atoms with E-state index >= 15 is 0 Å². The lowest BCUT2D eigenvalue weighted by Crippen LogP contribution is -2.36. The summed E-state index contributed by atoms with van der Waals surface area (Å²) in [5.74, 6) is -0.367. The molecule has 1 fully saturated rings. The number of aromatic nitrogens is 1. The fourth-order valence-corrected chi connectivity index (χ4v) is 3.31. The van der Waals surface area contributed by atoms with Gasteiger partial charge in [0.2, 0.25) is 11.8 Å². The SMILES string of the molecule is CN(CC(=O)Nc1ccc(N2CCOCC2)cc1)CC(=O)Nc1nccs1. The molecule has 27 heavy (non-hydrogen) atoms. The van der Waals surface area contributed by atoms with Gasteiger partial charge in [-0.15, -0.1) is 11.3 Å². The van der Waals surface area contributed by atoms with Crippen molar-refractivity contribution in [3.63, 3.8) is 0 Å². The molecule has 0 spiro atoms. The van der Waals surface area contributed by atoms with E-state index in [1.54, 1.807) is 23.5 Å². The van der Waals surface area contributed by atoms with Gasteiger partial charge in [-0.25, -0.2) is 4.98 Å². The molecule has 1 saturated heterocycles. The highest BCUT2D eigenvalue weighted by Gasteiger charge is 2.13. The first-order valence-electron chi connectivity index (χ1n) is 8.70. The lowest BCUT2D eigenvalue weighted by atomic mass is 10.2. The number of carbonyl (C=O) groups is 2. The molecule has 2 heterocycles. The molecule has 1 aliphatic heterocycles. The maximum Gasteiger partial charge on any atom is 0.240 e. The van der Waals surface area contributed by atoms with E-state index < -0.39 is 0 Å². The predicted molar refractivity (Wildman–Crippen MR) is 106 cm³/mol. The van der Waals surface area contributed by atoms with Crippen LogP contribution in [-0.2, 0) is 14.3 Å². The summed E-state index contributed by atoms with van der Waals surface area (Å²) in [4.78, 5) is 32.0. The Balaban J connectivity index is 1.43. The molecule has 2 N–H and O–H groups in total. The summed E-state index contributed by atoms with van der Waals surface area (Å²) in [7, 11) is 1.72. The third-order valence-electron chi connectivity index (χ3n) is 4.03. The molecule has 0 saturated carbocycles. The van der Waals surface area contributed by atoms with Crippen LogP contribution in [0.5, 0.6) is 0 Å². The molecule has 1 aliphatic rings. The van der Waals surface area contributed by atoms with Gasteiger partial charge in [-0.1, -0.05) is 0 Å².